The Morgan fingerprint density at radius 2 is 2.24 bits per heavy atom. The number of hydrogen-bond acceptors (Lipinski definition) is 4. The predicted octanol–water partition coefficient (Wildman–Crippen LogP) is 0.914. The molecule has 1 aliphatic heterocycles. The molecule has 0 unspecified atom stereocenters. The van der Waals surface area contributed by atoms with Gasteiger partial charge in [-0.3, -0.25) is 4.79 Å². The second-order valence-corrected chi connectivity index (χ2v) is 5.54. The van der Waals surface area contributed by atoms with Gasteiger partial charge in [-0.1, -0.05) is 6.07 Å². The van der Waals surface area contributed by atoms with Gasteiger partial charge in [-0.15, -0.1) is 0 Å². The summed E-state index contributed by atoms with van der Waals surface area (Å²) < 4.78 is 7.09. The molecule has 2 aromatic heterocycles. The quantitative estimate of drug-likeness (QED) is 0.881. The van der Waals surface area contributed by atoms with E-state index in [0.29, 0.717) is 31.7 Å². The van der Waals surface area contributed by atoms with E-state index in [0.717, 1.165) is 11.3 Å². The Kier molecular flexibility index (Phi) is 3.65. The van der Waals surface area contributed by atoms with Crippen molar-refractivity contribution in [3.05, 3.63) is 35.8 Å². The topological polar surface area (TPSA) is 75.9 Å². The number of nitrogens with zero attached hydrogens (tertiary/aromatic N) is 2. The number of aromatic nitrogens is 2. The van der Waals surface area contributed by atoms with Gasteiger partial charge in [-0.2, -0.15) is 0 Å². The Morgan fingerprint density at radius 1 is 1.48 bits per heavy atom. The fourth-order valence-corrected chi connectivity index (χ4v) is 2.52. The standard InChI is InChI=1S/C15H19N3O3/c1-11-3-2-4-13-17-12(9-18(11)13)14(19)16-10-15(20)5-7-21-8-6-15/h2-4,9,20H,5-8,10H2,1H3,(H,16,19). The van der Waals surface area contributed by atoms with E-state index in [1.807, 2.05) is 29.5 Å². The van der Waals surface area contributed by atoms with Crippen molar-refractivity contribution in [1.29, 1.82) is 0 Å². The van der Waals surface area contributed by atoms with Crippen LogP contribution in [0.25, 0.3) is 5.65 Å². The zero-order valence-corrected chi connectivity index (χ0v) is 12.0. The molecule has 2 aromatic rings. The molecule has 0 aliphatic carbocycles. The third-order valence-corrected chi connectivity index (χ3v) is 3.93. The molecule has 0 atom stereocenters. The molecule has 0 radical (unpaired) electrons. The number of ether oxygens (including phenoxy) is 1. The molecular formula is C15H19N3O3. The van der Waals surface area contributed by atoms with E-state index in [4.69, 9.17) is 4.74 Å². The summed E-state index contributed by atoms with van der Waals surface area (Å²) in [4.78, 5) is 16.5. The number of hydrogen-bond donors (Lipinski definition) is 2. The Labute approximate surface area is 122 Å². The van der Waals surface area contributed by atoms with Crippen molar-refractivity contribution in [3.8, 4) is 0 Å². The molecule has 21 heavy (non-hydrogen) atoms. The number of aryl methyl sites for hydroxylation is 1. The molecule has 1 aliphatic rings. The number of amides is 1. The smallest absolute Gasteiger partial charge is 0.271 e. The molecule has 1 fully saturated rings. The van der Waals surface area contributed by atoms with Gasteiger partial charge >= 0.3 is 0 Å². The van der Waals surface area contributed by atoms with Gasteiger partial charge < -0.3 is 19.6 Å². The molecule has 112 valence electrons. The largest absolute Gasteiger partial charge is 0.388 e. The first-order valence-electron chi connectivity index (χ1n) is 7.10. The van der Waals surface area contributed by atoms with Crippen LogP contribution in [0.5, 0.6) is 0 Å². The molecule has 1 saturated heterocycles. The zero-order valence-electron chi connectivity index (χ0n) is 12.0. The lowest BCUT2D eigenvalue weighted by Gasteiger charge is -2.31. The summed E-state index contributed by atoms with van der Waals surface area (Å²) in [6.45, 7) is 3.24. The molecule has 0 spiro atoms. The van der Waals surface area contributed by atoms with Gasteiger partial charge in [-0.25, -0.2) is 4.98 Å². The highest BCUT2D eigenvalue weighted by Crippen LogP contribution is 2.19. The van der Waals surface area contributed by atoms with Gasteiger partial charge in [0.15, 0.2) is 0 Å². The van der Waals surface area contributed by atoms with Crippen LogP contribution in [0.4, 0.5) is 0 Å². The second kappa shape index (κ2) is 5.46. The van der Waals surface area contributed by atoms with Crippen molar-refractivity contribution in [2.45, 2.75) is 25.4 Å². The number of fused-ring (bicyclic) bond motifs is 1. The monoisotopic (exact) mass is 289 g/mol. The van der Waals surface area contributed by atoms with Crippen LogP contribution in [-0.4, -0.2) is 45.8 Å². The normalized spacial score (nSPS) is 17.8. The van der Waals surface area contributed by atoms with Crippen molar-refractivity contribution in [2.24, 2.45) is 0 Å². The molecule has 6 heteroatoms. The van der Waals surface area contributed by atoms with E-state index in [-0.39, 0.29) is 12.5 Å². The lowest BCUT2D eigenvalue weighted by Crippen LogP contribution is -2.46. The number of rotatable bonds is 3. The van der Waals surface area contributed by atoms with Gasteiger partial charge in [0, 0.05) is 44.5 Å². The highest BCUT2D eigenvalue weighted by atomic mass is 16.5. The minimum Gasteiger partial charge on any atom is -0.388 e. The SMILES string of the molecule is Cc1cccc2nc(C(=O)NCC3(O)CCOCC3)cn12. The minimum absolute atomic E-state index is 0.224. The summed E-state index contributed by atoms with van der Waals surface area (Å²) in [5.41, 5.74) is 1.25. The van der Waals surface area contributed by atoms with E-state index < -0.39 is 5.60 Å². The Morgan fingerprint density at radius 3 is 2.95 bits per heavy atom. The second-order valence-electron chi connectivity index (χ2n) is 5.54. The van der Waals surface area contributed by atoms with Crippen molar-refractivity contribution in [2.75, 3.05) is 19.8 Å². The van der Waals surface area contributed by atoms with Gasteiger partial charge in [-0.05, 0) is 19.1 Å². The number of imidazole rings is 1. The number of pyridine rings is 1. The molecular weight excluding hydrogens is 270 g/mol. The fourth-order valence-electron chi connectivity index (χ4n) is 2.52. The van der Waals surface area contributed by atoms with Gasteiger partial charge in [0.1, 0.15) is 11.3 Å². The summed E-state index contributed by atoms with van der Waals surface area (Å²) in [7, 11) is 0. The maximum absolute atomic E-state index is 12.2. The Hall–Kier alpha value is -1.92. The summed E-state index contributed by atoms with van der Waals surface area (Å²) in [6, 6.07) is 5.72. The zero-order chi connectivity index (χ0) is 14.9. The number of carbonyl (C=O) groups excluding carboxylic acids is 1. The third kappa shape index (κ3) is 2.91. The maximum Gasteiger partial charge on any atom is 0.271 e. The van der Waals surface area contributed by atoms with Crippen LogP contribution in [0.1, 0.15) is 29.0 Å². The van der Waals surface area contributed by atoms with Crippen molar-refractivity contribution < 1.29 is 14.6 Å². The van der Waals surface area contributed by atoms with Crippen LogP contribution < -0.4 is 5.32 Å². The molecule has 0 saturated carbocycles. The van der Waals surface area contributed by atoms with E-state index in [1.54, 1.807) is 6.20 Å². The average Bonchev–Trinajstić information content (AvgIpc) is 2.91. The van der Waals surface area contributed by atoms with Crippen LogP contribution in [0, 0.1) is 6.92 Å². The molecule has 0 aromatic carbocycles. The first-order valence-corrected chi connectivity index (χ1v) is 7.10. The van der Waals surface area contributed by atoms with E-state index in [1.165, 1.54) is 0 Å². The molecule has 1 amide bonds. The van der Waals surface area contributed by atoms with Crippen LogP contribution in [0.15, 0.2) is 24.4 Å². The first-order chi connectivity index (χ1) is 10.1. The minimum atomic E-state index is -0.872. The van der Waals surface area contributed by atoms with Gasteiger partial charge in [0.2, 0.25) is 0 Å². The number of carbonyl (C=O) groups is 1. The third-order valence-electron chi connectivity index (χ3n) is 3.93. The predicted molar refractivity (Wildman–Crippen MR) is 77.3 cm³/mol. The van der Waals surface area contributed by atoms with Crippen molar-refractivity contribution >= 4 is 11.6 Å². The molecule has 3 heterocycles. The summed E-state index contributed by atoms with van der Waals surface area (Å²) in [5, 5.41) is 13.1. The van der Waals surface area contributed by atoms with E-state index >= 15 is 0 Å². The Bertz CT molecular complexity index is 659. The Balaban J connectivity index is 1.70. The van der Waals surface area contributed by atoms with Crippen LogP contribution in [0.2, 0.25) is 0 Å². The average molecular weight is 289 g/mol. The molecule has 0 bridgehead atoms. The van der Waals surface area contributed by atoms with Crippen LogP contribution >= 0.6 is 0 Å². The lowest BCUT2D eigenvalue weighted by molar-refractivity contribution is -0.0605. The van der Waals surface area contributed by atoms with Gasteiger partial charge in [0.05, 0.1) is 5.60 Å². The highest BCUT2D eigenvalue weighted by Gasteiger charge is 2.30. The highest BCUT2D eigenvalue weighted by molar-refractivity contribution is 5.92. The summed E-state index contributed by atoms with van der Waals surface area (Å²) in [5.74, 6) is -0.266. The van der Waals surface area contributed by atoms with Crippen molar-refractivity contribution in [3.63, 3.8) is 0 Å². The molecule has 3 rings (SSSR count). The number of nitrogens with one attached hydrogen (secondary N) is 1. The first kappa shape index (κ1) is 14.0. The maximum atomic E-state index is 12.2. The summed E-state index contributed by atoms with van der Waals surface area (Å²) in [6.07, 6.45) is 2.79. The van der Waals surface area contributed by atoms with Gasteiger partial charge in [0.25, 0.3) is 5.91 Å². The van der Waals surface area contributed by atoms with Crippen molar-refractivity contribution in [1.82, 2.24) is 14.7 Å². The number of aliphatic hydroxyl groups is 1. The fraction of sp³-hybridized carbons (Fsp3) is 0.467. The molecule has 2 N–H and O–H groups in total. The van der Waals surface area contributed by atoms with Crippen LogP contribution in [-0.2, 0) is 4.74 Å². The van der Waals surface area contributed by atoms with E-state index in [9.17, 15) is 9.90 Å². The van der Waals surface area contributed by atoms with Crippen LogP contribution in [0.3, 0.4) is 0 Å². The van der Waals surface area contributed by atoms with E-state index in [2.05, 4.69) is 10.3 Å². The molecule has 6 nitrogen and oxygen atoms in total. The summed E-state index contributed by atoms with van der Waals surface area (Å²) >= 11 is 0. The lowest BCUT2D eigenvalue weighted by atomic mass is 9.94.